The highest BCUT2D eigenvalue weighted by atomic mass is 32.2. The predicted molar refractivity (Wildman–Crippen MR) is 174 cm³/mol. The van der Waals surface area contributed by atoms with Crippen LogP contribution in [0.15, 0.2) is 30.4 Å². The molecule has 2 aromatic rings. The van der Waals surface area contributed by atoms with E-state index in [9.17, 15) is 22.8 Å². The molecule has 1 saturated carbocycles. The van der Waals surface area contributed by atoms with Crippen LogP contribution in [0.3, 0.4) is 0 Å². The van der Waals surface area contributed by atoms with Gasteiger partial charge in [-0.15, -0.1) is 0 Å². The molecule has 0 unspecified atom stereocenters. The van der Waals surface area contributed by atoms with Crippen molar-refractivity contribution in [3.63, 3.8) is 0 Å². The van der Waals surface area contributed by atoms with Crippen molar-refractivity contribution in [2.45, 2.75) is 102 Å². The molecular weight excluding hydrogens is 610 g/mol. The van der Waals surface area contributed by atoms with Crippen LogP contribution in [0.2, 0.25) is 0 Å². The molecule has 2 aliphatic heterocycles. The van der Waals surface area contributed by atoms with Crippen molar-refractivity contribution >= 4 is 39.0 Å². The number of fused-ring (bicyclic) bond motifs is 3. The number of hydrogen-bond acceptors (Lipinski definition) is 8. The molecule has 13 nitrogen and oxygen atoms in total. The summed E-state index contributed by atoms with van der Waals surface area (Å²) in [6.07, 6.45) is 8.23. The molecule has 2 fully saturated rings. The molecule has 3 amide bonds. The van der Waals surface area contributed by atoms with Crippen LogP contribution in [-0.2, 0) is 31.0 Å². The number of aromatic nitrogens is 2. The van der Waals surface area contributed by atoms with Gasteiger partial charge in [-0.3, -0.25) is 19.0 Å². The minimum Gasteiger partial charge on any atom is -0.459 e. The second-order valence-corrected chi connectivity index (χ2v) is 15.0. The van der Waals surface area contributed by atoms with Gasteiger partial charge in [-0.2, -0.15) is 17.7 Å². The zero-order chi connectivity index (χ0) is 33.4. The molecule has 252 valence electrons. The SMILES string of the molecule is CCc1cccc2c1nc(O[C@@H]1C[C@H]3C(=O)N[C@]4(C(=O)NS(=O)(=O)N(C)C)C[C@@H]4/C=C\CCCCC[C@H](N)C(=O)N3C1)n2C(C)C. The summed E-state index contributed by atoms with van der Waals surface area (Å²) in [7, 11) is -1.47. The van der Waals surface area contributed by atoms with Crippen LogP contribution in [0.1, 0.15) is 77.3 Å². The van der Waals surface area contributed by atoms with Gasteiger partial charge in [0.25, 0.3) is 11.9 Å². The van der Waals surface area contributed by atoms with Gasteiger partial charge >= 0.3 is 10.2 Å². The largest absolute Gasteiger partial charge is 0.459 e. The maximum atomic E-state index is 14.0. The predicted octanol–water partition coefficient (Wildman–Crippen LogP) is 2.17. The van der Waals surface area contributed by atoms with Gasteiger partial charge in [-0.25, -0.2) is 4.72 Å². The zero-order valence-corrected chi connectivity index (χ0v) is 28.2. The van der Waals surface area contributed by atoms with Gasteiger partial charge in [0, 0.05) is 32.5 Å². The van der Waals surface area contributed by atoms with E-state index in [1.165, 1.54) is 19.0 Å². The molecule has 1 aromatic heterocycles. The summed E-state index contributed by atoms with van der Waals surface area (Å²) in [4.78, 5) is 47.6. The topological polar surface area (TPSA) is 169 Å². The van der Waals surface area contributed by atoms with Crippen molar-refractivity contribution in [1.29, 1.82) is 0 Å². The van der Waals surface area contributed by atoms with E-state index in [1.54, 1.807) is 0 Å². The second kappa shape index (κ2) is 13.3. The minimum absolute atomic E-state index is 0.0361. The van der Waals surface area contributed by atoms with E-state index in [2.05, 4.69) is 17.0 Å². The highest BCUT2D eigenvalue weighted by molar-refractivity contribution is 7.87. The number of aryl methyl sites for hydroxylation is 1. The number of imidazole rings is 1. The Hall–Kier alpha value is -3.49. The third-order valence-electron chi connectivity index (χ3n) is 9.33. The first-order chi connectivity index (χ1) is 21.8. The Bertz CT molecular complexity index is 1620. The van der Waals surface area contributed by atoms with Crippen molar-refractivity contribution in [3.8, 4) is 6.01 Å². The lowest BCUT2D eigenvalue weighted by Gasteiger charge is -2.28. The molecule has 3 heterocycles. The number of carbonyl (C=O) groups is 3. The molecular formula is C32H47N7O6S. The molecule has 5 rings (SSSR count). The number of para-hydroxylation sites is 1. The molecule has 1 aliphatic carbocycles. The molecule has 0 radical (unpaired) electrons. The number of rotatable bonds is 7. The summed E-state index contributed by atoms with van der Waals surface area (Å²) in [5.74, 6) is -2.12. The van der Waals surface area contributed by atoms with Gasteiger partial charge in [0.05, 0.1) is 23.6 Å². The fraction of sp³-hybridized carbons (Fsp3) is 0.625. The van der Waals surface area contributed by atoms with Crippen LogP contribution in [0, 0.1) is 5.92 Å². The summed E-state index contributed by atoms with van der Waals surface area (Å²) in [5.41, 5.74) is 7.81. The van der Waals surface area contributed by atoms with Crippen LogP contribution in [0.25, 0.3) is 11.0 Å². The third-order valence-corrected chi connectivity index (χ3v) is 10.7. The van der Waals surface area contributed by atoms with Crippen molar-refractivity contribution in [2.75, 3.05) is 20.6 Å². The summed E-state index contributed by atoms with van der Waals surface area (Å²) in [6.45, 7) is 6.28. The molecule has 46 heavy (non-hydrogen) atoms. The lowest BCUT2D eigenvalue weighted by Crippen LogP contribution is -2.58. The van der Waals surface area contributed by atoms with Crippen molar-refractivity contribution in [3.05, 3.63) is 35.9 Å². The molecule has 14 heteroatoms. The van der Waals surface area contributed by atoms with E-state index in [0.29, 0.717) is 12.4 Å². The zero-order valence-electron chi connectivity index (χ0n) is 27.4. The summed E-state index contributed by atoms with van der Waals surface area (Å²) < 4.78 is 36.6. The Morgan fingerprint density at radius 1 is 1.24 bits per heavy atom. The van der Waals surface area contributed by atoms with Gasteiger partial charge in [0.15, 0.2) is 0 Å². The monoisotopic (exact) mass is 657 g/mol. The molecule has 3 aliphatic rings. The average Bonchev–Trinajstić information content (AvgIpc) is 3.33. The molecule has 0 bridgehead atoms. The van der Waals surface area contributed by atoms with Crippen molar-refractivity contribution in [1.82, 2.24) is 28.8 Å². The smallest absolute Gasteiger partial charge is 0.303 e. The lowest BCUT2D eigenvalue weighted by atomic mass is 10.1. The molecule has 1 saturated heterocycles. The Labute approximate surface area is 271 Å². The molecule has 5 atom stereocenters. The van der Waals surface area contributed by atoms with Crippen LogP contribution < -0.4 is 20.5 Å². The lowest BCUT2D eigenvalue weighted by molar-refractivity contribution is -0.140. The number of hydrogen-bond donors (Lipinski definition) is 3. The Balaban J connectivity index is 1.46. The first-order valence-corrected chi connectivity index (χ1v) is 17.7. The molecule has 0 spiro atoms. The van der Waals surface area contributed by atoms with Gasteiger partial charge < -0.3 is 20.7 Å². The van der Waals surface area contributed by atoms with Gasteiger partial charge in [-0.1, -0.05) is 44.1 Å². The van der Waals surface area contributed by atoms with Crippen LogP contribution in [-0.4, -0.2) is 89.3 Å². The Kier molecular flexibility index (Phi) is 9.81. The Morgan fingerprint density at radius 3 is 2.70 bits per heavy atom. The number of amides is 3. The van der Waals surface area contributed by atoms with Crippen molar-refractivity contribution < 1.29 is 27.5 Å². The highest BCUT2D eigenvalue weighted by Crippen LogP contribution is 2.46. The quantitative estimate of drug-likeness (QED) is 0.381. The van der Waals surface area contributed by atoms with E-state index in [4.69, 9.17) is 15.5 Å². The number of nitrogens with one attached hydrogen (secondary N) is 2. The summed E-state index contributed by atoms with van der Waals surface area (Å²) in [5, 5.41) is 2.86. The fourth-order valence-electron chi connectivity index (χ4n) is 6.53. The standard InChI is InChI=1S/C32H47N7O6S/c1-6-21-13-12-16-25-27(21)34-31(39(25)20(2)3)45-23-17-26-28(40)35-32(30(42)36-46(43,44)37(4)5)18-22(32)14-10-8-7-9-11-15-24(33)29(41)38(26)19-23/h10,12-14,16,20,22-24,26H,6-9,11,15,17-19,33H2,1-5H3,(H,35,40)(H,36,42)/b14-10-/t22-,23+,24-,26-,32+/m0/s1. The van der Waals surface area contributed by atoms with E-state index in [-0.39, 0.29) is 31.3 Å². The number of ether oxygens (including phenoxy) is 1. The maximum Gasteiger partial charge on any atom is 0.303 e. The first-order valence-electron chi connectivity index (χ1n) is 16.2. The number of allylic oxidation sites excluding steroid dienone is 1. The van der Waals surface area contributed by atoms with E-state index >= 15 is 0 Å². The first kappa shape index (κ1) is 33.9. The number of carbonyl (C=O) groups excluding carboxylic acids is 3. The van der Waals surface area contributed by atoms with Crippen molar-refractivity contribution in [2.24, 2.45) is 11.7 Å². The van der Waals surface area contributed by atoms with E-state index in [1.807, 2.05) is 48.8 Å². The van der Waals surface area contributed by atoms with Gasteiger partial charge in [0.2, 0.25) is 11.8 Å². The van der Waals surface area contributed by atoms with E-state index < -0.39 is 51.7 Å². The maximum absolute atomic E-state index is 14.0. The summed E-state index contributed by atoms with van der Waals surface area (Å²) in [6, 6.07) is 4.72. The van der Waals surface area contributed by atoms with Gasteiger partial charge in [0.1, 0.15) is 17.7 Å². The number of nitrogens with zero attached hydrogens (tertiary/aromatic N) is 4. The van der Waals surface area contributed by atoms with Crippen LogP contribution in [0.5, 0.6) is 6.01 Å². The highest BCUT2D eigenvalue weighted by Gasteiger charge is 2.61. The normalized spacial score (nSPS) is 28.3. The molecule has 1 aromatic carbocycles. The fourth-order valence-corrected chi connectivity index (χ4v) is 7.13. The van der Waals surface area contributed by atoms with Crippen LogP contribution in [0.4, 0.5) is 0 Å². The second-order valence-electron chi connectivity index (χ2n) is 13.1. The number of benzene rings is 1. The number of nitrogens with two attached hydrogens (primary N) is 1. The summed E-state index contributed by atoms with van der Waals surface area (Å²) >= 11 is 0. The van der Waals surface area contributed by atoms with Gasteiger partial charge in [-0.05, 0) is 57.6 Å². The molecule has 4 N–H and O–H groups in total. The average molecular weight is 658 g/mol. The van der Waals surface area contributed by atoms with E-state index in [0.717, 1.165) is 53.0 Å². The third kappa shape index (κ3) is 6.65. The minimum atomic E-state index is -4.10. The van der Waals surface area contributed by atoms with Crippen LogP contribution >= 0.6 is 0 Å². The Morgan fingerprint density at radius 2 is 2.00 bits per heavy atom.